The van der Waals surface area contributed by atoms with E-state index in [1.165, 1.54) is 0 Å². The number of fused-ring (bicyclic) bond motifs is 1. The van der Waals surface area contributed by atoms with Gasteiger partial charge in [0.25, 0.3) is 0 Å². The van der Waals surface area contributed by atoms with Gasteiger partial charge >= 0.3 is 0 Å². The molecular weight excluding hydrogens is 308 g/mol. The van der Waals surface area contributed by atoms with Crippen molar-refractivity contribution in [3.05, 3.63) is 41.3 Å². The first-order valence-corrected chi connectivity index (χ1v) is 8.32. The van der Waals surface area contributed by atoms with E-state index in [9.17, 15) is 4.79 Å². The van der Waals surface area contributed by atoms with Crippen LogP contribution >= 0.6 is 0 Å². The van der Waals surface area contributed by atoms with Crippen molar-refractivity contribution in [2.24, 2.45) is 0 Å². The van der Waals surface area contributed by atoms with Crippen LogP contribution in [0.5, 0.6) is 11.5 Å². The zero-order chi connectivity index (χ0) is 16.5. The predicted molar refractivity (Wildman–Crippen MR) is 86.1 cm³/mol. The van der Waals surface area contributed by atoms with Crippen LogP contribution in [0.15, 0.2) is 28.8 Å². The molecule has 126 valence electrons. The average Bonchev–Trinajstić information content (AvgIpc) is 3.23. The Morgan fingerprint density at radius 1 is 1.25 bits per heavy atom. The van der Waals surface area contributed by atoms with Crippen molar-refractivity contribution in [1.29, 1.82) is 0 Å². The highest BCUT2D eigenvalue weighted by molar-refractivity contribution is 5.79. The van der Waals surface area contributed by atoms with Crippen molar-refractivity contribution in [3.63, 3.8) is 0 Å². The second-order valence-corrected chi connectivity index (χ2v) is 6.27. The van der Waals surface area contributed by atoms with Gasteiger partial charge in [0.1, 0.15) is 13.2 Å². The Kier molecular flexibility index (Phi) is 3.88. The number of hydrogen-bond donors (Lipinski definition) is 0. The van der Waals surface area contributed by atoms with Gasteiger partial charge in [0.05, 0.1) is 18.2 Å². The molecule has 1 fully saturated rings. The minimum Gasteiger partial charge on any atom is -0.486 e. The molecule has 1 aromatic carbocycles. The number of likely N-dealkylation sites (tertiary alicyclic amines) is 1. The van der Waals surface area contributed by atoms with Crippen molar-refractivity contribution >= 4 is 5.91 Å². The Morgan fingerprint density at radius 2 is 2.08 bits per heavy atom. The van der Waals surface area contributed by atoms with E-state index in [1.807, 2.05) is 36.1 Å². The summed E-state index contributed by atoms with van der Waals surface area (Å²) in [5, 5.41) is 3.94. The van der Waals surface area contributed by atoms with Crippen LogP contribution in [0.25, 0.3) is 0 Å². The van der Waals surface area contributed by atoms with Gasteiger partial charge in [-0.1, -0.05) is 11.2 Å². The third-order valence-corrected chi connectivity index (χ3v) is 4.51. The number of nitrogens with zero attached hydrogens (tertiary/aromatic N) is 2. The van der Waals surface area contributed by atoms with Crippen molar-refractivity contribution in [2.45, 2.75) is 32.2 Å². The first kappa shape index (κ1) is 15.1. The average molecular weight is 328 g/mol. The number of aryl methyl sites for hydroxylation is 1. The van der Waals surface area contributed by atoms with Crippen LogP contribution in [0.4, 0.5) is 0 Å². The molecule has 1 aromatic heterocycles. The standard InChI is InChI=1S/C18H20N2O4/c1-12-9-16(24-19-12)14-3-2-6-20(14)18(21)11-13-4-5-15-17(10-13)23-8-7-22-15/h4-5,9-10,14H,2-3,6-8,11H2,1H3/t14-/m0/s1. The number of hydrogen-bond acceptors (Lipinski definition) is 5. The van der Waals surface area contributed by atoms with Crippen LogP contribution in [0, 0.1) is 6.92 Å². The molecule has 4 rings (SSSR count). The second kappa shape index (κ2) is 6.19. The topological polar surface area (TPSA) is 64.8 Å². The van der Waals surface area contributed by atoms with Crippen molar-refractivity contribution < 1.29 is 18.8 Å². The van der Waals surface area contributed by atoms with E-state index in [4.69, 9.17) is 14.0 Å². The van der Waals surface area contributed by atoms with E-state index in [-0.39, 0.29) is 11.9 Å². The molecule has 24 heavy (non-hydrogen) atoms. The molecule has 1 amide bonds. The minimum atomic E-state index is -0.00379. The maximum atomic E-state index is 12.8. The van der Waals surface area contributed by atoms with Gasteiger partial charge in [-0.25, -0.2) is 0 Å². The maximum absolute atomic E-state index is 12.8. The van der Waals surface area contributed by atoms with Gasteiger partial charge in [0.2, 0.25) is 5.91 Å². The van der Waals surface area contributed by atoms with Crippen molar-refractivity contribution in [2.75, 3.05) is 19.8 Å². The highest BCUT2D eigenvalue weighted by atomic mass is 16.6. The fraction of sp³-hybridized carbons (Fsp3) is 0.444. The lowest BCUT2D eigenvalue weighted by Gasteiger charge is -2.23. The maximum Gasteiger partial charge on any atom is 0.227 e. The molecule has 0 spiro atoms. The number of carbonyl (C=O) groups is 1. The zero-order valence-electron chi connectivity index (χ0n) is 13.7. The molecule has 6 nitrogen and oxygen atoms in total. The summed E-state index contributed by atoms with van der Waals surface area (Å²) in [4.78, 5) is 14.7. The first-order chi connectivity index (χ1) is 11.7. The molecule has 0 unspecified atom stereocenters. The van der Waals surface area contributed by atoms with Gasteiger partial charge in [-0.2, -0.15) is 0 Å². The third-order valence-electron chi connectivity index (χ3n) is 4.51. The number of aromatic nitrogens is 1. The number of amides is 1. The van der Waals surface area contributed by atoms with Gasteiger partial charge in [-0.05, 0) is 37.5 Å². The smallest absolute Gasteiger partial charge is 0.227 e. The zero-order valence-corrected chi connectivity index (χ0v) is 13.7. The molecule has 2 aliphatic heterocycles. The van der Waals surface area contributed by atoms with E-state index in [0.29, 0.717) is 19.6 Å². The van der Waals surface area contributed by atoms with Crippen LogP contribution in [0.3, 0.4) is 0 Å². The largest absolute Gasteiger partial charge is 0.486 e. The van der Waals surface area contributed by atoms with Crippen LogP contribution in [-0.2, 0) is 11.2 Å². The van der Waals surface area contributed by atoms with E-state index in [2.05, 4.69) is 5.16 Å². The summed E-state index contributed by atoms with van der Waals surface area (Å²) >= 11 is 0. The molecule has 1 saturated heterocycles. The quantitative estimate of drug-likeness (QED) is 0.867. The Bertz CT molecular complexity index is 755. The molecular formula is C18H20N2O4. The lowest BCUT2D eigenvalue weighted by molar-refractivity contribution is -0.131. The Hall–Kier alpha value is -2.50. The lowest BCUT2D eigenvalue weighted by atomic mass is 10.1. The number of benzene rings is 1. The second-order valence-electron chi connectivity index (χ2n) is 6.27. The number of ether oxygens (including phenoxy) is 2. The third kappa shape index (κ3) is 2.84. The lowest BCUT2D eigenvalue weighted by Crippen LogP contribution is -2.31. The van der Waals surface area contributed by atoms with Gasteiger partial charge in [-0.3, -0.25) is 4.79 Å². The predicted octanol–water partition coefficient (Wildman–Crippen LogP) is 2.66. The summed E-state index contributed by atoms with van der Waals surface area (Å²) in [5.41, 5.74) is 1.78. The fourth-order valence-electron chi connectivity index (χ4n) is 3.38. The monoisotopic (exact) mass is 328 g/mol. The molecule has 0 radical (unpaired) electrons. The Balaban J connectivity index is 1.49. The SMILES string of the molecule is Cc1cc([C@@H]2CCCN2C(=O)Cc2ccc3c(c2)OCCO3)on1. The molecule has 0 aliphatic carbocycles. The molecule has 2 aliphatic rings. The van der Waals surface area contributed by atoms with Gasteiger partial charge in [-0.15, -0.1) is 0 Å². The van der Waals surface area contributed by atoms with E-state index in [0.717, 1.165) is 47.9 Å². The summed E-state index contributed by atoms with van der Waals surface area (Å²) in [6.07, 6.45) is 2.25. The van der Waals surface area contributed by atoms with Gasteiger partial charge in [0, 0.05) is 12.6 Å². The normalized spacial score (nSPS) is 19.5. The van der Waals surface area contributed by atoms with Crippen molar-refractivity contribution in [1.82, 2.24) is 10.1 Å². The highest BCUT2D eigenvalue weighted by Crippen LogP contribution is 2.34. The van der Waals surface area contributed by atoms with Crippen LogP contribution in [0.2, 0.25) is 0 Å². The van der Waals surface area contributed by atoms with E-state index < -0.39 is 0 Å². The van der Waals surface area contributed by atoms with Crippen molar-refractivity contribution in [3.8, 4) is 11.5 Å². The van der Waals surface area contributed by atoms with Gasteiger partial charge in [0.15, 0.2) is 17.3 Å². The number of rotatable bonds is 3. The molecule has 1 atom stereocenters. The van der Waals surface area contributed by atoms with Crippen LogP contribution in [-0.4, -0.2) is 35.7 Å². The van der Waals surface area contributed by atoms with E-state index >= 15 is 0 Å². The fourth-order valence-corrected chi connectivity index (χ4v) is 3.38. The summed E-state index contributed by atoms with van der Waals surface area (Å²) in [6, 6.07) is 7.61. The van der Waals surface area contributed by atoms with Gasteiger partial charge < -0.3 is 18.9 Å². The molecule has 0 bridgehead atoms. The van der Waals surface area contributed by atoms with Crippen LogP contribution < -0.4 is 9.47 Å². The van der Waals surface area contributed by atoms with E-state index in [1.54, 1.807) is 0 Å². The summed E-state index contributed by atoms with van der Waals surface area (Å²) < 4.78 is 16.5. The molecule has 2 aromatic rings. The Labute approximate surface area is 140 Å². The molecule has 0 N–H and O–H groups in total. The molecule has 6 heteroatoms. The molecule has 3 heterocycles. The highest BCUT2D eigenvalue weighted by Gasteiger charge is 2.32. The number of carbonyl (C=O) groups excluding carboxylic acids is 1. The van der Waals surface area contributed by atoms with Crippen LogP contribution in [0.1, 0.15) is 35.9 Å². The minimum absolute atomic E-state index is 0.00379. The molecule has 0 saturated carbocycles. The summed E-state index contributed by atoms with van der Waals surface area (Å²) in [6.45, 7) is 3.76. The first-order valence-electron chi connectivity index (χ1n) is 8.32. The Morgan fingerprint density at radius 3 is 2.88 bits per heavy atom. The summed E-state index contributed by atoms with van der Waals surface area (Å²) in [5.74, 6) is 2.34. The summed E-state index contributed by atoms with van der Waals surface area (Å²) in [7, 11) is 0.